The number of hydrogen-bond acceptors (Lipinski definition) is 2. The zero-order valence-corrected chi connectivity index (χ0v) is 14.9. The highest BCUT2D eigenvalue weighted by atomic mass is 79.9. The summed E-state index contributed by atoms with van der Waals surface area (Å²) in [6.07, 6.45) is 0.986. The van der Waals surface area contributed by atoms with Gasteiger partial charge >= 0.3 is 0 Å². The molecule has 0 fully saturated rings. The first-order valence-corrected chi connectivity index (χ1v) is 8.17. The first kappa shape index (κ1) is 16.2. The molecule has 0 spiro atoms. The average molecular weight is 368 g/mol. The molecule has 0 amide bonds. The van der Waals surface area contributed by atoms with Crippen LogP contribution in [0.5, 0.6) is 0 Å². The minimum atomic E-state index is 0.233. The van der Waals surface area contributed by atoms with E-state index < -0.39 is 0 Å². The van der Waals surface area contributed by atoms with Crippen LogP contribution in [-0.4, -0.2) is 14.1 Å². The molecule has 0 aliphatic carbocycles. The van der Waals surface area contributed by atoms with Gasteiger partial charge in [-0.1, -0.05) is 46.6 Å². The molecular formula is C17H20BrClN2. The summed E-state index contributed by atoms with van der Waals surface area (Å²) in [5.41, 5.74) is 3.48. The molecule has 0 radical (unpaired) electrons. The van der Waals surface area contributed by atoms with Gasteiger partial charge in [-0.25, -0.2) is 0 Å². The van der Waals surface area contributed by atoms with Gasteiger partial charge in [0.05, 0.1) is 17.4 Å². The Morgan fingerprint density at radius 2 is 1.95 bits per heavy atom. The van der Waals surface area contributed by atoms with E-state index in [4.69, 9.17) is 11.6 Å². The largest absolute Gasteiger partial charge is 0.377 e. The number of hydrogen-bond donors (Lipinski definition) is 1. The Labute approximate surface area is 140 Å². The van der Waals surface area contributed by atoms with E-state index in [1.54, 1.807) is 0 Å². The Morgan fingerprint density at radius 1 is 1.19 bits per heavy atom. The number of nitrogens with one attached hydrogen (secondary N) is 1. The van der Waals surface area contributed by atoms with Gasteiger partial charge in [0, 0.05) is 23.6 Å². The zero-order chi connectivity index (χ0) is 15.4. The van der Waals surface area contributed by atoms with Crippen LogP contribution >= 0.6 is 27.5 Å². The van der Waals surface area contributed by atoms with E-state index in [9.17, 15) is 0 Å². The van der Waals surface area contributed by atoms with Gasteiger partial charge in [-0.2, -0.15) is 0 Å². The van der Waals surface area contributed by atoms with E-state index in [1.165, 1.54) is 11.3 Å². The summed E-state index contributed by atoms with van der Waals surface area (Å²) in [4.78, 5) is 2.11. The Balaban J connectivity index is 2.32. The molecule has 1 unspecified atom stereocenters. The summed E-state index contributed by atoms with van der Waals surface area (Å²) < 4.78 is 1.07. The third-order valence-electron chi connectivity index (χ3n) is 3.43. The molecule has 0 aromatic heterocycles. The van der Waals surface area contributed by atoms with Gasteiger partial charge in [-0.15, -0.1) is 0 Å². The van der Waals surface area contributed by atoms with Crippen molar-refractivity contribution in [1.82, 2.24) is 0 Å². The minimum absolute atomic E-state index is 0.233. The fourth-order valence-electron chi connectivity index (χ4n) is 2.35. The summed E-state index contributed by atoms with van der Waals surface area (Å²) >= 11 is 9.66. The number of nitrogens with zero attached hydrogens (tertiary/aromatic N) is 1. The van der Waals surface area contributed by atoms with Crippen molar-refractivity contribution < 1.29 is 0 Å². The Hall–Kier alpha value is -1.19. The normalized spacial score (nSPS) is 12.0. The highest BCUT2D eigenvalue weighted by molar-refractivity contribution is 9.10. The van der Waals surface area contributed by atoms with Crippen molar-refractivity contribution in [3.63, 3.8) is 0 Å². The molecule has 112 valence electrons. The predicted molar refractivity (Wildman–Crippen MR) is 96.6 cm³/mol. The molecule has 1 atom stereocenters. The van der Waals surface area contributed by atoms with Crippen LogP contribution in [0.2, 0.25) is 5.02 Å². The van der Waals surface area contributed by atoms with E-state index in [-0.39, 0.29) is 6.04 Å². The summed E-state index contributed by atoms with van der Waals surface area (Å²) in [6.45, 7) is 2.17. The van der Waals surface area contributed by atoms with Crippen molar-refractivity contribution in [3.05, 3.63) is 57.5 Å². The lowest BCUT2D eigenvalue weighted by molar-refractivity contribution is 0.749. The van der Waals surface area contributed by atoms with Crippen LogP contribution in [-0.2, 0) is 0 Å². The second-order valence-electron chi connectivity index (χ2n) is 5.22. The third-order valence-corrected chi connectivity index (χ3v) is 4.16. The lowest BCUT2D eigenvalue weighted by Gasteiger charge is -2.24. The van der Waals surface area contributed by atoms with E-state index in [0.717, 1.165) is 21.6 Å². The summed E-state index contributed by atoms with van der Waals surface area (Å²) in [6, 6.07) is 14.5. The van der Waals surface area contributed by atoms with Crippen LogP contribution in [0.3, 0.4) is 0 Å². The number of rotatable bonds is 5. The van der Waals surface area contributed by atoms with Crippen molar-refractivity contribution in [2.24, 2.45) is 0 Å². The van der Waals surface area contributed by atoms with E-state index in [1.807, 2.05) is 18.2 Å². The monoisotopic (exact) mass is 366 g/mol. The SMILES string of the molecule is CCC(Nc1cc(Br)ccc1N(C)C)c1cccc(Cl)c1. The molecule has 0 saturated carbocycles. The Kier molecular flexibility index (Phi) is 5.54. The van der Waals surface area contributed by atoms with Gasteiger partial charge in [0.25, 0.3) is 0 Å². The van der Waals surface area contributed by atoms with E-state index in [0.29, 0.717) is 0 Å². The second kappa shape index (κ2) is 7.19. The first-order chi connectivity index (χ1) is 10.0. The van der Waals surface area contributed by atoms with Crippen LogP contribution in [0.15, 0.2) is 46.9 Å². The van der Waals surface area contributed by atoms with Crippen LogP contribution in [0, 0.1) is 0 Å². The fourth-order valence-corrected chi connectivity index (χ4v) is 2.91. The van der Waals surface area contributed by atoms with Crippen molar-refractivity contribution in [1.29, 1.82) is 0 Å². The predicted octanol–water partition coefficient (Wildman–Crippen LogP) is 5.73. The second-order valence-corrected chi connectivity index (χ2v) is 6.57. The molecule has 2 aromatic rings. The fraction of sp³-hybridized carbons (Fsp3) is 0.294. The molecule has 0 bridgehead atoms. The van der Waals surface area contributed by atoms with Crippen molar-refractivity contribution in [2.75, 3.05) is 24.3 Å². The summed E-state index contributed by atoms with van der Waals surface area (Å²) in [5.74, 6) is 0. The van der Waals surface area contributed by atoms with Crippen molar-refractivity contribution in [3.8, 4) is 0 Å². The van der Waals surface area contributed by atoms with Crippen LogP contribution in [0.25, 0.3) is 0 Å². The topological polar surface area (TPSA) is 15.3 Å². The van der Waals surface area contributed by atoms with Gasteiger partial charge in [-0.3, -0.25) is 0 Å². The number of anilines is 2. The van der Waals surface area contributed by atoms with Gasteiger partial charge in [0.15, 0.2) is 0 Å². The highest BCUT2D eigenvalue weighted by Gasteiger charge is 2.13. The Morgan fingerprint density at radius 3 is 2.57 bits per heavy atom. The molecule has 2 aromatic carbocycles. The van der Waals surface area contributed by atoms with Crippen LogP contribution < -0.4 is 10.2 Å². The molecule has 2 rings (SSSR count). The number of halogens is 2. The molecule has 2 nitrogen and oxygen atoms in total. The molecule has 21 heavy (non-hydrogen) atoms. The summed E-state index contributed by atoms with van der Waals surface area (Å²) in [7, 11) is 4.10. The van der Waals surface area contributed by atoms with Gasteiger partial charge < -0.3 is 10.2 Å². The molecule has 0 aliphatic rings. The molecule has 1 N–H and O–H groups in total. The molecule has 0 heterocycles. The molecular weight excluding hydrogens is 348 g/mol. The van der Waals surface area contributed by atoms with Gasteiger partial charge in [0.1, 0.15) is 0 Å². The Bertz CT molecular complexity index is 613. The lowest BCUT2D eigenvalue weighted by Crippen LogP contribution is -2.15. The van der Waals surface area contributed by atoms with Crippen molar-refractivity contribution in [2.45, 2.75) is 19.4 Å². The molecule has 4 heteroatoms. The summed E-state index contributed by atoms with van der Waals surface area (Å²) in [5, 5.41) is 4.41. The minimum Gasteiger partial charge on any atom is -0.377 e. The number of benzene rings is 2. The van der Waals surface area contributed by atoms with E-state index in [2.05, 4.69) is 71.4 Å². The highest BCUT2D eigenvalue weighted by Crippen LogP contribution is 2.32. The van der Waals surface area contributed by atoms with Crippen molar-refractivity contribution >= 4 is 38.9 Å². The lowest BCUT2D eigenvalue weighted by atomic mass is 10.0. The first-order valence-electron chi connectivity index (χ1n) is 7.00. The molecule has 0 aliphatic heterocycles. The van der Waals surface area contributed by atoms with Gasteiger partial charge in [-0.05, 0) is 42.3 Å². The van der Waals surface area contributed by atoms with Crippen LogP contribution in [0.4, 0.5) is 11.4 Å². The van der Waals surface area contributed by atoms with E-state index >= 15 is 0 Å². The maximum Gasteiger partial charge on any atom is 0.0597 e. The third kappa shape index (κ3) is 4.14. The molecule has 0 saturated heterocycles. The smallest absolute Gasteiger partial charge is 0.0597 e. The maximum atomic E-state index is 6.11. The quantitative estimate of drug-likeness (QED) is 0.725. The maximum absolute atomic E-state index is 6.11. The standard InChI is InChI=1S/C17H20BrClN2/c1-4-15(12-6-5-7-14(19)10-12)20-16-11-13(18)8-9-17(16)21(2)3/h5-11,15,20H,4H2,1-3H3. The average Bonchev–Trinajstić information content (AvgIpc) is 2.44. The van der Waals surface area contributed by atoms with Crippen LogP contribution in [0.1, 0.15) is 24.9 Å². The zero-order valence-electron chi connectivity index (χ0n) is 12.5. The van der Waals surface area contributed by atoms with Gasteiger partial charge in [0.2, 0.25) is 0 Å².